The summed E-state index contributed by atoms with van der Waals surface area (Å²) in [5.41, 5.74) is 0.203. The maximum Gasteiger partial charge on any atom is 0.278 e. The van der Waals surface area contributed by atoms with E-state index in [4.69, 9.17) is 5.84 Å². The van der Waals surface area contributed by atoms with Crippen LogP contribution < -0.4 is 5.84 Å². The first-order chi connectivity index (χ1) is 5.61. The summed E-state index contributed by atoms with van der Waals surface area (Å²) < 4.78 is 13.3. The molecule has 1 aromatic rings. The smallest absolute Gasteiger partial charge is 0.267 e. The Morgan fingerprint density at radius 2 is 2.25 bits per heavy atom. The monoisotopic (exact) mass is 232 g/mol. The van der Waals surface area contributed by atoms with Crippen molar-refractivity contribution in [2.45, 2.75) is 0 Å². The van der Waals surface area contributed by atoms with Crippen molar-refractivity contribution >= 4 is 22.1 Å². The molecule has 0 aliphatic heterocycles. The molecule has 0 spiro atoms. The van der Waals surface area contributed by atoms with Gasteiger partial charge in [-0.05, 0) is 18.2 Å². The fourth-order valence-corrected chi connectivity index (χ4v) is 0.950. The average Bonchev–Trinajstić information content (AvgIpc) is 2.03. The van der Waals surface area contributed by atoms with Crippen LogP contribution in [0.25, 0.3) is 0 Å². The summed E-state index contributed by atoms with van der Waals surface area (Å²) >= 11 is 2.74. The zero-order valence-corrected chi connectivity index (χ0v) is 7.58. The second-order valence-corrected chi connectivity index (χ2v) is 2.89. The molecule has 0 fully saturated rings. The van der Waals surface area contributed by atoms with Gasteiger partial charge in [-0.15, -0.1) is 0 Å². The third-order valence-electron chi connectivity index (χ3n) is 1.27. The number of benzene rings is 1. The number of rotatable bonds is 1. The molecule has 5 heteroatoms. The van der Waals surface area contributed by atoms with Gasteiger partial charge in [-0.3, -0.25) is 4.79 Å². The fourth-order valence-electron chi connectivity index (χ4n) is 0.745. The van der Waals surface area contributed by atoms with Gasteiger partial charge in [0.2, 0.25) is 0 Å². The molecule has 64 valence electrons. The number of carbonyl (C=O) groups excluding carboxylic acids is 1. The number of hydrogen-bond acceptors (Lipinski definition) is 2. The van der Waals surface area contributed by atoms with E-state index in [-0.39, 0.29) is 5.56 Å². The lowest BCUT2D eigenvalue weighted by atomic mass is 10.2. The Balaban J connectivity index is 2.96. The van der Waals surface area contributed by atoms with Crippen LogP contribution in [0.4, 0.5) is 4.39 Å². The molecule has 0 aromatic heterocycles. The topological polar surface area (TPSA) is 46.3 Å². The molecule has 0 heterocycles. The Morgan fingerprint density at radius 1 is 1.58 bits per heavy atom. The van der Waals surface area contributed by atoms with Crippen LogP contribution in [0.1, 0.15) is 10.4 Å². The quantitative estimate of drug-likeness (QED) is 0.345. The Bertz CT molecular complexity index is 303. The van der Waals surface area contributed by atoms with Crippen LogP contribution >= 0.6 is 16.1 Å². The van der Waals surface area contributed by atoms with Crippen LogP contribution in [0.5, 0.6) is 0 Å². The molecule has 0 bridgehead atoms. The molecular weight excluding hydrogens is 227 g/mol. The molecule has 3 nitrogen and oxygen atoms in total. The number of hydrazine groups is 1. The molecule has 2 N–H and O–H groups in total. The summed E-state index contributed by atoms with van der Waals surface area (Å²) in [6.07, 6.45) is 0. The average molecular weight is 233 g/mol. The molecule has 0 aliphatic carbocycles. The van der Waals surface area contributed by atoms with E-state index in [1.165, 1.54) is 18.2 Å². The van der Waals surface area contributed by atoms with Crippen LogP contribution in [-0.2, 0) is 0 Å². The van der Waals surface area contributed by atoms with Gasteiger partial charge in [-0.1, -0.05) is 6.07 Å². The van der Waals surface area contributed by atoms with Crippen LogP contribution in [0, 0.1) is 5.82 Å². The normalized spacial score (nSPS) is 9.58. The van der Waals surface area contributed by atoms with Crippen molar-refractivity contribution in [2.24, 2.45) is 5.84 Å². The predicted molar refractivity (Wildman–Crippen MR) is 45.7 cm³/mol. The van der Waals surface area contributed by atoms with E-state index in [1.807, 2.05) is 0 Å². The molecule has 0 saturated heterocycles. The number of hydrogen-bond donors (Lipinski definition) is 1. The van der Waals surface area contributed by atoms with Crippen molar-refractivity contribution < 1.29 is 9.18 Å². The lowest BCUT2D eigenvalue weighted by molar-refractivity contribution is 0.0878. The second kappa shape index (κ2) is 3.64. The molecule has 0 atom stereocenters. The largest absolute Gasteiger partial charge is 0.278 e. The lowest BCUT2D eigenvalue weighted by Crippen LogP contribution is -2.27. The minimum Gasteiger partial charge on any atom is -0.267 e. The summed E-state index contributed by atoms with van der Waals surface area (Å²) in [5, 5.41) is 0. The zero-order valence-electron chi connectivity index (χ0n) is 6.00. The van der Waals surface area contributed by atoms with Gasteiger partial charge >= 0.3 is 0 Å². The highest BCUT2D eigenvalue weighted by molar-refractivity contribution is 9.07. The Hall–Kier alpha value is -0.940. The number of carbonyl (C=O) groups is 1. The fraction of sp³-hybridized carbons (Fsp3) is 0. The Labute approximate surface area is 77.3 Å². The van der Waals surface area contributed by atoms with Crippen LogP contribution in [0.2, 0.25) is 0 Å². The highest BCUT2D eigenvalue weighted by Gasteiger charge is 2.09. The van der Waals surface area contributed by atoms with Gasteiger partial charge < -0.3 is 0 Å². The highest BCUT2D eigenvalue weighted by Crippen LogP contribution is 2.06. The summed E-state index contributed by atoms with van der Waals surface area (Å²) in [5.74, 6) is 4.14. The van der Waals surface area contributed by atoms with E-state index in [0.29, 0.717) is 0 Å². The highest BCUT2D eigenvalue weighted by atomic mass is 79.9. The van der Waals surface area contributed by atoms with E-state index >= 15 is 0 Å². The number of halogens is 2. The van der Waals surface area contributed by atoms with Crippen molar-refractivity contribution in [3.8, 4) is 0 Å². The van der Waals surface area contributed by atoms with Gasteiger partial charge in [0.1, 0.15) is 5.82 Å². The maximum absolute atomic E-state index is 12.6. The molecule has 0 radical (unpaired) electrons. The number of nitrogens with two attached hydrogens (primary N) is 1. The first kappa shape index (κ1) is 9.15. The maximum atomic E-state index is 12.6. The molecule has 12 heavy (non-hydrogen) atoms. The minimum atomic E-state index is -0.491. The second-order valence-electron chi connectivity index (χ2n) is 2.13. The van der Waals surface area contributed by atoms with Gasteiger partial charge in [0.05, 0.1) is 16.1 Å². The van der Waals surface area contributed by atoms with Crippen molar-refractivity contribution in [2.75, 3.05) is 0 Å². The first-order valence-corrected chi connectivity index (χ1v) is 3.82. The minimum absolute atomic E-state index is 0.203. The molecule has 1 rings (SSSR count). The van der Waals surface area contributed by atoms with E-state index in [9.17, 15) is 9.18 Å². The van der Waals surface area contributed by atoms with E-state index in [2.05, 4.69) is 16.1 Å². The van der Waals surface area contributed by atoms with Gasteiger partial charge in [0.15, 0.2) is 0 Å². The molecule has 1 amide bonds. The van der Waals surface area contributed by atoms with Gasteiger partial charge in [0.25, 0.3) is 5.91 Å². The van der Waals surface area contributed by atoms with E-state index in [0.717, 1.165) is 10.1 Å². The van der Waals surface area contributed by atoms with E-state index < -0.39 is 11.7 Å². The van der Waals surface area contributed by atoms with Crippen molar-refractivity contribution in [3.63, 3.8) is 0 Å². The van der Waals surface area contributed by atoms with Gasteiger partial charge in [-0.25, -0.2) is 14.3 Å². The summed E-state index contributed by atoms with van der Waals surface area (Å²) in [7, 11) is 0. The lowest BCUT2D eigenvalue weighted by Gasteiger charge is -2.06. The summed E-state index contributed by atoms with van der Waals surface area (Å²) in [4.78, 5) is 11.1. The Morgan fingerprint density at radius 3 is 2.75 bits per heavy atom. The summed E-state index contributed by atoms with van der Waals surface area (Å²) in [6, 6.07) is 5.29. The molecular formula is C7H6BrFN2O. The first-order valence-electron chi connectivity index (χ1n) is 3.12. The molecule has 1 aromatic carbocycles. The molecule has 0 saturated carbocycles. The summed E-state index contributed by atoms with van der Waals surface area (Å²) in [6.45, 7) is 0. The van der Waals surface area contributed by atoms with Crippen molar-refractivity contribution in [1.82, 2.24) is 4.03 Å². The predicted octanol–water partition coefficient (Wildman–Crippen LogP) is 1.45. The van der Waals surface area contributed by atoms with Gasteiger partial charge in [0, 0.05) is 5.56 Å². The SMILES string of the molecule is NN(Br)C(=O)c1cccc(F)c1. The van der Waals surface area contributed by atoms with Crippen LogP contribution in [-0.4, -0.2) is 9.94 Å². The van der Waals surface area contributed by atoms with Crippen molar-refractivity contribution in [3.05, 3.63) is 35.6 Å². The van der Waals surface area contributed by atoms with Crippen molar-refractivity contribution in [1.29, 1.82) is 0 Å². The molecule has 0 unspecified atom stereocenters. The van der Waals surface area contributed by atoms with Crippen LogP contribution in [0.3, 0.4) is 0 Å². The standard InChI is InChI=1S/C7H6BrFN2O/c8-11(10)7(12)5-2-1-3-6(9)4-5/h1-4H,10H2. The number of amides is 1. The number of nitrogens with zero attached hydrogens (tertiary/aromatic N) is 1. The Kier molecular flexibility index (Phi) is 2.78. The molecule has 0 aliphatic rings. The third-order valence-corrected chi connectivity index (χ3v) is 1.59. The zero-order chi connectivity index (χ0) is 9.14. The third kappa shape index (κ3) is 2.02. The van der Waals surface area contributed by atoms with Crippen LogP contribution in [0.15, 0.2) is 24.3 Å². The van der Waals surface area contributed by atoms with E-state index in [1.54, 1.807) is 0 Å². The van der Waals surface area contributed by atoms with Gasteiger partial charge in [-0.2, -0.15) is 0 Å².